The third-order valence-corrected chi connectivity index (χ3v) is 1.74. The maximum Gasteiger partial charge on any atom is 0.338 e. The zero-order valence-electron chi connectivity index (χ0n) is 10.9. The van der Waals surface area contributed by atoms with Crippen LogP contribution in [0.1, 0.15) is 41.5 Å². The van der Waals surface area contributed by atoms with Crippen molar-refractivity contribution >= 4 is 11.9 Å². The number of rotatable bonds is 2. The fraction of sp³-hybridized carbons (Fsp3) is 0.286. The Morgan fingerprint density at radius 3 is 2.11 bits per heavy atom. The van der Waals surface area contributed by atoms with Crippen LogP contribution in [0.2, 0.25) is 0 Å². The van der Waals surface area contributed by atoms with Crippen LogP contribution in [0.3, 0.4) is 0 Å². The van der Waals surface area contributed by atoms with E-state index in [0.717, 1.165) is 0 Å². The minimum atomic E-state index is -1.06. The van der Waals surface area contributed by atoms with Crippen molar-refractivity contribution in [3.63, 3.8) is 0 Å². The SMILES string of the molecule is C=C.CC(C)(C)OC(=O)c1cccc(C(=O)O)c1. The fourth-order valence-electron chi connectivity index (χ4n) is 1.12. The first-order chi connectivity index (χ1) is 8.29. The number of carbonyl (C=O) groups is 2. The van der Waals surface area contributed by atoms with Crippen LogP contribution in [-0.2, 0) is 4.74 Å². The molecule has 1 aromatic rings. The molecule has 1 aromatic carbocycles. The second-order valence-electron chi connectivity index (χ2n) is 4.39. The van der Waals surface area contributed by atoms with Gasteiger partial charge in [-0.15, -0.1) is 13.2 Å². The van der Waals surface area contributed by atoms with Crippen molar-refractivity contribution in [2.24, 2.45) is 0 Å². The second kappa shape index (κ2) is 6.59. The van der Waals surface area contributed by atoms with E-state index in [1.165, 1.54) is 24.3 Å². The maximum atomic E-state index is 11.6. The lowest BCUT2D eigenvalue weighted by Crippen LogP contribution is -2.24. The van der Waals surface area contributed by atoms with E-state index in [4.69, 9.17) is 9.84 Å². The van der Waals surface area contributed by atoms with Gasteiger partial charge >= 0.3 is 11.9 Å². The molecule has 98 valence electrons. The molecule has 0 unspecified atom stereocenters. The lowest BCUT2D eigenvalue weighted by Gasteiger charge is -2.19. The number of benzene rings is 1. The summed E-state index contributed by atoms with van der Waals surface area (Å²) in [6.07, 6.45) is 0. The van der Waals surface area contributed by atoms with Crippen LogP contribution in [0, 0.1) is 0 Å². The molecule has 0 spiro atoms. The second-order valence-corrected chi connectivity index (χ2v) is 4.39. The van der Waals surface area contributed by atoms with E-state index in [2.05, 4.69) is 13.2 Å². The van der Waals surface area contributed by atoms with E-state index in [9.17, 15) is 9.59 Å². The Hall–Kier alpha value is -2.10. The Labute approximate surface area is 107 Å². The topological polar surface area (TPSA) is 63.6 Å². The lowest BCUT2D eigenvalue weighted by molar-refractivity contribution is 0.00695. The third-order valence-electron chi connectivity index (χ3n) is 1.74. The highest BCUT2D eigenvalue weighted by molar-refractivity contribution is 5.94. The molecule has 4 heteroatoms. The number of carboxylic acids is 1. The first-order valence-electron chi connectivity index (χ1n) is 5.36. The molecule has 4 nitrogen and oxygen atoms in total. The monoisotopic (exact) mass is 250 g/mol. The van der Waals surface area contributed by atoms with Crippen molar-refractivity contribution in [2.75, 3.05) is 0 Å². The summed E-state index contributed by atoms with van der Waals surface area (Å²) in [5.41, 5.74) is -0.269. The van der Waals surface area contributed by atoms with Gasteiger partial charge in [-0.05, 0) is 39.0 Å². The number of esters is 1. The van der Waals surface area contributed by atoms with Crippen molar-refractivity contribution in [1.82, 2.24) is 0 Å². The van der Waals surface area contributed by atoms with Gasteiger partial charge in [0.05, 0.1) is 11.1 Å². The molecule has 0 fully saturated rings. The van der Waals surface area contributed by atoms with Gasteiger partial charge in [0.2, 0.25) is 0 Å². The lowest BCUT2D eigenvalue weighted by atomic mass is 10.1. The zero-order valence-corrected chi connectivity index (χ0v) is 10.9. The number of hydrogen-bond acceptors (Lipinski definition) is 3. The molecule has 0 saturated carbocycles. The van der Waals surface area contributed by atoms with E-state index in [1.54, 1.807) is 20.8 Å². The predicted molar refractivity (Wildman–Crippen MR) is 69.8 cm³/mol. The minimum absolute atomic E-state index is 0.0726. The van der Waals surface area contributed by atoms with Crippen molar-refractivity contribution in [3.05, 3.63) is 48.6 Å². The largest absolute Gasteiger partial charge is 0.478 e. The molecular formula is C14H18O4. The van der Waals surface area contributed by atoms with E-state index >= 15 is 0 Å². The highest BCUT2D eigenvalue weighted by Crippen LogP contribution is 2.13. The van der Waals surface area contributed by atoms with Crippen molar-refractivity contribution in [1.29, 1.82) is 0 Å². The van der Waals surface area contributed by atoms with E-state index < -0.39 is 17.5 Å². The Morgan fingerprint density at radius 1 is 1.17 bits per heavy atom. The molecule has 0 bridgehead atoms. The first-order valence-corrected chi connectivity index (χ1v) is 5.36. The van der Waals surface area contributed by atoms with Gasteiger partial charge in [0.15, 0.2) is 0 Å². The van der Waals surface area contributed by atoms with Crippen molar-refractivity contribution in [3.8, 4) is 0 Å². The summed E-state index contributed by atoms with van der Waals surface area (Å²) in [7, 11) is 0. The first kappa shape index (κ1) is 15.9. The Kier molecular flexibility index (Phi) is 5.82. The summed E-state index contributed by atoms with van der Waals surface area (Å²) >= 11 is 0. The molecule has 1 N–H and O–H groups in total. The Morgan fingerprint density at radius 2 is 1.67 bits per heavy atom. The molecule has 0 aliphatic carbocycles. The molecule has 0 atom stereocenters. The van der Waals surface area contributed by atoms with Crippen LogP contribution in [0.15, 0.2) is 37.4 Å². The minimum Gasteiger partial charge on any atom is -0.478 e. The molecule has 0 aliphatic heterocycles. The van der Waals surface area contributed by atoms with Crippen molar-refractivity contribution in [2.45, 2.75) is 26.4 Å². The molecule has 1 rings (SSSR count). The average molecular weight is 250 g/mol. The van der Waals surface area contributed by atoms with Crippen molar-refractivity contribution < 1.29 is 19.4 Å². The van der Waals surface area contributed by atoms with Crippen LogP contribution >= 0.6 is 0 Å². The van der Waals surface area contributed by atoms with E-state index in [1.807, 2.05) is 0 Å². The number of carboxylic acid groups (broad SMARTS) is 1. The van der Waals surface area contributed by atoms with Gasteiger partial charge in [-0.25, -0.2) is 9.59 Å². The summed E-state index contributed by atoms with van der Waals surface area (Å²) < 4.78 is 5.13. The van der Waals surface area contributed by atoms with Gasteiger partial charge in [0.1, 0.15) is 5.60 Å². The average Bonchev–Trinajstić information content (AvgIpc) is 2.29. The number of aromatic carboxylic acids is 1. The van der Waals surface area contributed by atoms with Crippen LogP contribution in [-0.4, -0.2) is 22.6 Å². The van der Waals surface area contributed by atoms with Crippen LogP contribution in [0.5, 0.6) is 0 Å². The summed E-state index contributed by atoms with van der Waals surface area (Å²) in [6.45, 7) is 11.3. The molecule has 18 heavy (non-hydrogen) atoms. The smallest absolute Gasteiger partial charge is 0.338 e. The van der Waals surface area contributed by atoms with E-state index in [0.29, 0.717) is 0 Å². The van der Waals surface area contributed by atoms with Crippen LogP contribution in [0.4, 0.5) is 0 Å². The van der Waals surface area contributed by atoms with E-state index in [-0.39, 0.29) is 11.1 Å². The molecule has 0 aromatic heterocycles. The summed E-state index contributed by atoms with van der Waals surface area (Å²) in [5.74, 6) is -1.58. The molecule has 0 heterocycles. The zero-order chi connectivity index (χ0) is 14.3. The van der Waals surface area contributed by atoms with Gasteiger partial charge in [0.25, 0.3) is 0 Å². The van der Waals surface area contributed by atoms with Gasteiger partial charge in [0, 0.05) is 0 Å². The van der Waals surface area contributed by atoms with Gasteiger partial charge in [-0.1, -0.05) is 6.07 Å². The van der Waals surface area contributed by atoms with Gasteiger partial charge in [-0.3, -0.25) is 0 Å². The van der Waals surface area contributed by atoms with Gasteiger partial charge in [-0.2, -0.15) is 0 Å². The molecule has 0 radical (unpaired) electrons. The highest BCUT2D eigenvalue weighted by atomic mass is 16.6. The normalized spacial score (nSPS) is 9.94. The maximum absolute atomic E-state index is 11.6. The number of ether oxygens (including phenoxy) is 1. The molecular weight excluding hydrogens is 232 g/mol. The predicted octanol–water partition coefficient (Wildman–Crippen LogP) is 3.14. The fourth-order valence-corrected chi connectivity index (χ4v) is 1.12. The van der Waals surface area contributed by atoms with Crippen LogP contribution < -0.4 is 0 Å². The number of carbonyl (C=O) groups excluding carboxylic acids is 1. The summed E-state index contributed by atoms with van der Waals surface area (Å²) in [6, 6.07) is 5.77. The summed E-state index contributed by atoms with van der Waals surface area (Å²) in [4.78, 5) is 22.3. The summed E-state index contributed by atoms with van der Waals surface area (Å²) in [5, 5.41) is 8.77. The Balaban J connectivity index is 0.00000137. The van der Waals surface area contributed by atoms with Gasteiger partial charge < -0.3 is 9.84 Å². The van der Waals surface area contributed by atoms with Crippen LogP contribution in [0.25, 0.3) is 0 Å². The third kappa shape index (κ3) is 5.30. The molecule has 0 amide bonds. The molecule has 0 saturated heterocycles. The standard InChI is InChI=1S/C12H14O4.C2H4/c1-12(2,3)16-11(15)9-6-4-5-8(7-9)10(13)14;1-2/h4-7H,1-3H3,(H,13,14);1-2H2. The number of hydrogen-bond donors (Lipinski definition) is 1. The quantitative estimate of drug-likeness (QED) is 0.647. The Bertz CT molecular complexity index is 430. The molecule has 0 aliphatic rings. The highest BCUT2D eigenvalue weighted by Gasteiger charge is 2.18.